The molecule has 0 radical (unpaired) electrons. The van der Waals surface area contributed by atoms with E-state index < -0.39 is 0 Å². The van der Waals surface area contributed by atoms with Crippen molar-refractivity contribution < 1.29 is 13.9 Å². The maximum absolute atomic E-state index is 12.7. The molecule has 31 heavy (non-hydrogen) atoms. The summed E-state index contributed by atoms with van der Waals surface area (Å²) in [6.07, 6.45) is 10.6. The molecule has 1 heterocycles. The number of nitrogens with one attached hydrogen (secondary N) is 1. The Morgan fingerprint density at radius 1 is 1.10 bits per heavy atom. The number of allylic oxidation sites excluding steroid dienone is 1. The van der Waals surface area contributed by atoms with E-state index >= 15 is 0 Å². The second-order valence-corrected chi connectivity index (χ2v) is 8.59. The van der Waals surface area contributed by atoms with Gasteiger partial charge in [-0.15, -0.1) is 0 Å². The van der Waals surface area contributed by atoms with Gasteiger partial charge in [0.2, 0.25) is 5.91 Å². The zero-order valence-corrected chi connectivity index (χ0v) is 18.7. The van der Waals surface area contributed by atoms with Crippen LogP contribution >= 0.6 is 0 Å². The molecule has 0 saturated heterocycles. The largest absolute Gasteiger partial charge is 0.496 e. The lowest BCUT2D eigenvalue weighted by atomic mass is 9.98. The molecule has 0 bridgehead atoms. The number of benzene rings is 2. The van der Waals surface area contributed by atoms with E-state index in [9.17, 15) is 4.79 Å². The van der Waals surface area contributed by atoms with E-state index in [-0.39, 0.29) is 11.9 Å². The van der Waals surface area contributed by atoms with Crippen LogP contribution in [0.5, 0.6) is 5.75 Å². The molecule has 1 amide bonds. The van der Waals surface area contributed by atoms with Gasteiger partial charge in [-0.3, -0.25) is 4.79 Å². The van der Waals surface area contributed by atoms with Crippen molar-refractivity contribution >= 4 is 22.4 Å². The predicted octanol–water partition coefficient (Wildman–Crippen LogP) is 6.66. The zero-order chi connectivity index (χ0) is 21.8. The summed E-state index contributed by atoms with van der Waals surface area (Å²) >= 11 is 0. The van der Waals surface area contributed by atoms with Gasteiger partial charge >= 0.3 is 0 Å². The first-order valence-corrected chi connectivity index (χ1v) is 11.2. The molecule has 1 aliphatic rings. The molecule has 0 spiro atoms. The number of carbonyl (C=O) groups is 1. The summed E-state index contributed by atoms with van der Waals surface area (Å²) in [6.45, 7) is 4.04. The molecule has 1 N–H and O–H groups in total. The Labute approximate surface area is 184 Å². The second-order valence-electron chi connectivity index (χ2n) is 8.59. The molecule has 4 rings (SSSR count). The molecule has 0 aliphatic heterocycles. The highest BCUT2D eigenvalue weighted by Gasteiger charge is 2.17. The summed E-state index contributed by atoms with van der Waals surface area (Å²) in [5.41, 5.74) is 5.91. The second kappa shape index (κ2) is 9.42. The Bertz CT molecular complexity index is 1080. The summed E-state index contributed by atoms with van der Waals surface area (Å²) in [5.74, 6) is 0.672. The summed E-state index contributed by atoms with van der Waals surface area (Å²) < 4.78 is 11.4. The number of hydrogen-bond donors (Lipinski definition) is 1. The molecule has 2 aromatic carbocycles. The molecule has 162 valence electrons. The molecular formula is C27H31NO3. The van der Waals surface area contributed by atoms with Gasteiger partial charge < -0.3 is 14.5 Å². The molecule has 1 aliphatic carbocycles. The first-order chi connectivity index (χ1) is 15.0. The number of aryl methyl sites for hydroxylation is 1. The smallest absolute Gasteiger partial charge is 0.244 e. The summed E-state index contributed by atoms with van der Waals surface area (Å²) in [4.78, 5) is 12.7. The van der Waals surface area contributed by atoms with Crippen molar-refractivity contribution in [2.45, 2.75) is 58.4 Å². The van der Waals surface area contributed by atoms with Gasteiger partial charge in [0.15, 0.2) is 0 Å². The van der Waals surface area contributed by atoms with Crippen molar-refractivity contribution in [3.05, 3.63) is 59.9 Å². The third kappa shape index (κ3) is 4.84. The molecule has 1 fully saturated rings. The quantitative estimate of drug-likeness (QED) is 0.373. The predicted molar refractivity (Wildman–Crippen MR) is 126 cm³/mol. The Balaban J connectivity index is 1.64. The molecular weight excluding hydrogens is 386 g/mol. The van der Waals surface area contributed by atoms with Gasteiger partial charge in [-0.25, -0.2) is 0 Å². The van der Waals surface area contributed by atoms with Crippen molar-refractivity contribution in [1.29, 1.82) is 0 Å². The third-order valence-corrected chi connectivity index (χ3v) is 6.23. The maximum Gasteiger partial charge on any atom is 0.244 e. The molecule has 0 atom stereocenters. The van der Waals surface area contributed by atoms with Gasteiger partial charge in [0.25, 0.3) is 0 Å². The first-order valence-electron chi connectivity index (χ1n) is 11.2. The van der Waals surface area contributed by atoms with Crippen LogP contribution in [0.2, 0.25) is 0 Å². The highest BCUT2D eigenvalue weighted by molar-refractivity contribution is 6.00. The fourth-order valence-corrected chi connectivity index (χ4v) is 4.43. The molecule has 4 heteroatoms. The lowest BCUT2D eigenvalue weighted by Gasteiger charge is -2.15. The molecule has 0 unspecified atom stereocenters. The highest BCUT2D eigenvalue weighted by atomic mass is 16.5. The Morgan fingerprint density at radius 3 is 2.48 bits per heavy atom. The minimum Gasteiger partial charge on any atom is -0.496 e. The van der Waals surface area contributed by atoms with Crippen molar-refractivity contribution in [2.24, 2.45) is 0 Å². The van der Waals surface area contributed by atoms with E-state index in [1.165, 1.54) is 31.2 Å². The van der Waals surface area contributed by atoms with Crippen LogP contribution in [0.3, 0.4) is 0 Å². The van der Waals surface area contributed by atoms with E-state index in [0.29, 0.717) is 5.75 Å². The number of hydrogen-bond acceptors (Lipinski definition) is 3. The molecule has 4 nitrogen and oxygen atoms in total. The first kappa shape index (κ1) is 21.2. The van der Waals surface area contributed by atoms with E-state index in [0.717, 1.165) is 46.1 Å². The maximum atomic E-state index is 12.7. The van der Waals surface area contributed by atoms with Crippen molar-refractivity contribution in [1.82, 2.24) is 5.32 Å². The SMILES string of the molecule is COc1cc2occ(-c3ccc(C)cc3)c2cc1/C(C)=C/C(=O)NC1CCCCCC1. The van der Waals surface area contributed by atoms with E-state index in [1.54, 1.807) is 19.4 Å². The van der Waals surface area contributed by atoms with Gasteiger partial charge in [-0.1, -0.05) is 55.5 Å². The van der Waals surface area contributed by atoms with Crippen LogP contribution in [0.1, 0.15) is 56.6 Å². The van der Waals surface area contributed by atoms with Crippen LogP contribution in [0.25, 0.3) is 27.7 Å². The van der Waals surface area contributed by atoms with Crippen molar-refractivity contribution in [3.8, 4) is 16.9 Å². The van der Waals surface area contributed by atoms with Gasteiger partial charge in [0.1, 0.15) is 11.3 Å². The van der Waals surface area contributed by atoms with E-state index in [4.69, 9.17) is 9.15 Å². The number of carbonyl (C=O) groups excluding carboxylic acids is 1. The van der Waals surface area contributed by atoms with Crippen molar-refractivity contribution in [3.63, 3.8) is 0 Å². The molecule has 1 aromatic heterocycles. The van der Waals surface area contributed by atoms with Crippen LogP contribution in [0, 0.1) is 6.92 Å². The van der Waals surface area contributed by atoms with E-state index in [2.05, 4.69) is 42.6 Å². The Kier molecular flexibility index (Phi) is 6.45. The lowest BCUT2D eigenvalue weighted by molar-refractivity contribution is -0.117. The van der Waals surface area contributed by atoms with Crippen molar-refractivity contribution in [2.75, 3.05) is 7.11 Å². The fourth-order valence-electron chi connectivity index (χ4n) is 4.43. The highest BCUT2D eigenvalue weighted by Crippen LogP contribution is 2.37. The van der Waals surface area contributed by atoms with Gasteiger partial charge in [-0.05, 0) is 43.9 Å². The number of furan rings is 1. The minimum absolute atomic E-state index is 0.0301. The van der Waals surface area contributed by atoms with Crippen LogP contribution in [0.15, 0.2) is 53.2 Å². The van der Waals surface area contributed by atoms with Crippen LogP contribution < -0.4 is 10.1 Å². The summed E-state index contributed by atoms with van der Waals surface area (Å²) in [5, 5.41) is 4.21. The minimum atomic E-state index is -0.0301. The van der Waals surface area contributed by atoms with Gasteiger partial charge in [0, 0.05) is 34.7 Å². The van der Waals surface area contributed by atoms with Crippen LogP contribution in [-0.4, -0.2) is 19.1 Å². The average Bonchev–Trinajstić information content (AvgIpc) is 3.00. The number of rotatable bonds is 5. The Hall–Kier alpha value is -3.01. The zero-order valence-electron chi connectivity index (χ0n) is 18.7. The van der Waals surface area contributed by atoms with E-state index in [1.807, 2.05) is 13.0 Å². The Morgan fingerprint density at radius 2 is 1.81 bits per heavy atom. The third-order valence-electron chi connectivity index (χ3n) is 6.23. The fraction of sp³-hybridized carbons (Fsp3) is 0.370. The summed E-state index contributed by atoms with van der Waals surface area (Å²) in [7, 11) is 1.65. The number of amides is 1. The number of methoxy groups -OCH3 is 1. The van der Waals surface area contributed by atoms with Gasteiger partial charge in [0.05, 0.1) is 13.4 Å². The number of fused-ring (bicyclic) bond motifs is 1. The standard InChI is InChI=1S/C27H31NO3/c1-18-10-12-20(13-11-18)24-17-31-26-16-25(30-3)22(15-23(24)26)19(2)14-27(29)28-21-8-6-4-5-7-9-21/h10-17,21H,4-9H2,1-3H3,(H,28,29)/b19-14+. The van der Waals surface area contributed by atoms with Crippen LogP contribution in [-0.2, 0) is 4.79 Å². The van der Waals surface area contributed by atoms with Crippen LogP contribution in [0.4, 0.5) is 0 Å². The topological polar surface area (TPSA) is 51.5 Å². The van der Waals surface area contributed by atoms with Gasteiger partial charge in [-0.2, -0.15) is 0 Å². The average molecular weight is 418 g/mol. The number of ether oxygens (including phenoxy) is 1. The lowest BCUT2D eigenvalue weighted by Crippen LogP contribution is -2.33. The monoisotopic (exact) mass is 417 g/mol. The molecule has 3 aromatic rings. The molecule has 1 saturated carbocycles. The summed E-state index contributed by atoms with van der Waals surface area (Å²) in [6, 6.07) is 12.7. The normalized spacial score (nSPS) is 15.6.